The highest BCUT2D eigenvalue weighted by molar-refractivity contribution is 6.33. The summed E-state index contributed by atoms with van der Waals surface area (Å²) in [5, 5.41) is 14.1. The molecule has 0 fully saturated rings. The Morgan fingerprint density at radius 2 is 2.05 bits per heavy atom. The number of nitrogens with two attached hydrogens (primary N) is 1. The van der Waals surface area contributed by atoms with Crippen LogP contribution in [0.1, 0.15) is 18.4 Å². The summed E-state index contributed by atoms with van der Waals surface area (Å²) < 4.78 is 0. The van der Waals surface area contributed by atoms with E-state index in [4.69, 9.17) is 22.4 Å². The number of hydrogen-bond acceptors (Lipinski definition) is 3. The third kappa shape index (κ3) is 5.31. The number of aryl methyl sites for hydroxylation is 1. The van der Waals surface area contributed by atoms with Crippen LogP contribution in [0, 0.1) is 6.92 Å². The van der Waals surface area contributed by atoms with E-state index in [0.717, 1.165) is 5.56 Å². The summed E-state index contributed by atoms with van der Waals surface area (Å²) in [6, 6.07) is 3.16. The molecule has 0 bridgehead atoms. The van der Waals surface area contributed by atoms with Crippen LogP contribution in [-0.2, 0) is 9.59 Å². The average molecular weight is 314 g/mol. The molecule has 1 atom stereocenters. The maximum atomic E-state index is 11.8. The molecule has 0 heterocycles. The van der Waals surface area contributed by atoms with Crippen molar-refractivity contribution in [3.63, 3.8) is 0 Å². The Balaban J connectivity index is 2.70. The number of amides is 3. The van der Waals surface area contributed by atoms with Gasteiger partial charge in [-0.3, -0.25) is 4.79 Å². The molecule has 0 spiro atoms. The van der Waals surface area contributed by atoms with Crippen molar-refractivity contribution in [3.8, 4) is 0 Å². The van der Waals surface area contributed by atoms with Gasteiger partial charge in [-0.25, -0.2) is 9.59 Å². The molecule has 1 rings (SSSR count). The minimum Gasteiger partial charge on any atom is -0.480 e. The number of anilines is 1. The SMILES string of the molecule is Cc1cccc(Cl)c1NC(=O)N[C@@H](CCC(N)=O)C(=O)O. The number of hydrogen-bond donors (Lipinski definition) is 4. The number of para-hydroxylation sites is 1. The maximum absolute atomic E-state index is 11.8. The second kappa shape index (κ2) is 7.49. The number of urea groups is 1. The summed E-state index contributed by atoms with van der Waals surface area (Å²) in [4.78, 5) is 33.5. The Labute approximate surface area is 126 Å². The van der Waals surface area contributed by atoms with Gasteiger partial charge in [-0.2, -0.15) is 0 Å². The molecule has 0 aliphatic rings. The quantitative estimate of drug-likeness (QED) is 0.635. The highest BCUT2D eigenvalue weighted by Gasteiger charge is 2.21. The smallest absolute Gasteiger partial charge is 0.326 e. The normalized spacial score (nSPS) is 11.5. The summed E-state index contributed by atoms with van der Waals surface area (Å²) >= 11 is 5.96. The van der Waals surface area contributed by atoms with E-state index in [9.17, 15) is 14.4 Å². The zero-order chi connectivity index (χ0) is 16.0. The first-order valence-electron chi connectivity index (χ1n) is 6.15. The lowest BCUT2D eigenvalue weighted by molar-refractivity contribution is -0.139. The van der Waals surface area contributed by atoms with Gasteiger partial charge in [0.05, 0.1) is 10.7 Å². The van der Waals surface area contributed by atoms with E-state index in [1.54, 1.807) is 25.1 Å². The molecule has 5 N–H and O–H groups in total. The van der Waals surface area contributed by atoms with Crippen molar-refractivity contribution in [2.75, 3.05) is 5.32 Å². The van der Waals surface area contributed by atoms with Crippen LogP contribution in [-0.4, -0.2) is 29.1 Å². The molecule has 0 aliphatic heterocycles. The van der Waals surface area contributed by atoms with Gasteiger partial charge in [0.15, 0.2) is 0 Å². The fourth-order valence-electron chi connectivity index (χ4n) is 1.64. The van der Waals surface area contributed by atoms with E-state index in [1.165, 1.54) is 0 Å². The van der Waals surface area contributed by atoms with Crippen molar-refractivity contribution >= 4 is 35.2 Å². The Hall–Kier alpha value is -2.28. The first-order chi connectivity index (χ1) is 9.81. The van der Waals surface area contributed by atoms with Crippen molar-refractivity contribution in [1.82, 2.24) is 5.32 Å². The first-order valence-corrected chi connectivity index (χ1v) is 6.52. The summed E-state index contributed by atoms with van der Waals surface area (Å²) in [6.07, 6.45) is -0.220. The third-order valence-corrected chi connectivity index (χ3v) is 3.06. The predicted molar refractivity (Wildman–Crippen MR) is 78.2 cm³/mol. The number of halogens is 1. The fourth-order valence-corrected chi connectivity index (χ4v) is 1.91. The van der Waals surface area contributed by atoms with E-state index < -0.39 is 23.9 Å². The number of nitrogens with one attached hydrogen (secondary N) is 2. The first kappa shape index (κ1) is 16.8. The van der Waals surface area contributed by atoms with Crippen LogP contribution in [0.4, 0.5) is 10.5 Å². The number of carbonyl (C=O) groups excluding carboxylic acids is 2. The molecule has 0 radical (unpaired) electrons. The molecule has 114 valence electrons. The van der Waals surface area contributed by atoms with Crippen molar-refractivity contribution in [2.45, 2.75) is 25.8 Å². The number of aliphatic carboxylic acids is 1. The molecule has 0 unspecified atom stereocenters. The Kier molecular flexibility index (Phi) is 5.98. The zero-order valence-electron chi connectivity index (χ0n) is 11.4. The standard InChI is InChI=1S/C13H16ClN3O4/c1-7-3-2-4-8(14)11(7)17-13(21)16-9(12(19)20)5-6-10(15)18/h2-4,9H,5-6H2,1H3,(H2,15,18)(H,19,20)(H2,16,17,21)/t9-/m0/s1. The van der Waals surface area contributed by atoms with E-state index in [2.05, 4.69) is 10.6 Å². The van der Waals surface area contributed by atoms with Gasteiger partial charge in [-0.05, 0) is 25.0 Å². The second-order valence-corrected chi connectivity index (χ2v) is 4.83. The molecule has 0 saturated heterocycles. The lowest BCUT2D eigenvalue weighted by Crippen LogP contribution is -2.43. The monoisotopic (exact) mass is 313 g/mol. The number of rotatable bonds is 6. The van der Waals surface area contributed by atoms with Crippen molar-refractivity contribution < 1.29 is 19.5 Å². The van der Waals surface area contributed by atoms with Crippen molar-refractivity contribution in [1.29, 1.82) is 0 Å². The number of carbonyl (C=O) groups is 3. The van der Waals surface area contributed by atoms with Crippen LogP contribution in [0.3, 0.4) is 0 Å². The van der Waals surface area contributed by atoms with Gasteiger partial charge in [0.1, 0.15) is 6.04 Å². The van der Waals surface area contributed by atoms with Crippen LogP contribution >= 0.6 is 11.6 Å². The molecule has 0 aliphatic carbocycles. The van der Waals surface area contributed by atoms with Crippen molar-refractivity contribution in [3.05, 3.63) is 28.8 Å². The minimum atomic E-state index is -1.25. The van der Waals surface area contributed by atoms with Crippen LogP contribution < -0.4 is 16.4 Å². The van der Waals surface area contributed by atoms with Gasteiger partial charge in [0.25, 0.3) is 0 Å². The number of carboxylic acids is 1. The van der Waals surface area contributed by atoms with Crippen LogP contribution in [0.2, 0.25) is 5.02 Å². The zero-order valence-corrected chi connectivity index (χ0v) is 12.1. The predicted octanol–water partition coefficient (Wildman–Crippen LogP) is 1.49. The molecule has 0 aromatic heterocycles. The van der Waals surface area contributed by atoms with Gasteiger partial charge in [-0.1, -0.05) is 23.7 Å². The summed E-state index contributed by atoms with van der Waals surface area (Å²) in [5.41, 5.74) is 6.09. The summed E-state index contributed by atoms with van der Waals surface area (Å²) in [5.74, 6) is -1.88. The number of benzene rings is 1. The van der Waals surface area contributed by atoms with Gasteiger partial charge in [0, 0.05) is 6.42 Å². The molecule has 1 aromatic carbocycles. The highest BCUT2D eigenvalue weighted by atomic mass is 35.5. The highest BCUT2D eigenvalue weighted by Crippen LogP contribution is 2.24. The van der Waals surface area contributed by atoms with Gasteiger partial charge < -0.3 is 21.5 Å². The third-order valence-electron chi connectivity index (χ3n) is 2.74. The van der Waals surface area contributed by atoms with E-state index in [1.807, 2.05) is 0 Å². The lowest BCUT2D eigenvalue weighted by Gasteiger charge is -2.16. The van der Waals surface area contributed by atoms with E-state index in [0.29, 0.717) is 10.7 Å². The summed E-state index contributed by atoms with van der Waals surface area (Å²) in [7, 11) is 0. The molecule has 0 saturated carbocycles. The summed E-state index contributed by atoms with van der Waals surface area (Å²) in [6.45, 7) is 1.75. The topological polar surface area (TPSA) is 122 Å². The van der Waals surface area contributed by atoms with Gasteiger partial charge in [0.2, 0.25) is 5.91 Å². The second-order valence-electron chi connectivity index (χ2n) is 4.43. The Bertz CT molecular complexity index is 542. The maximum Gasteiger partial charge on any atom is 0.326 e. The molecule has 3 amide bonds. The van der Waals surface area contributed by atoms with E-state index >= 15 is 0 Å². The largest absolute Gasteiger partial charge is 0.480 e. The van der Waals surface area contributed by atoms with Crippen LogP contribution in [0.5, 0.6) is 0 Å². The lowest BCUT2D eigenvalue weighted by atomic mass is 10.1. The molecule has 21 heavy (non-hydrogen) atoms. The molecule has 1 aromatic rings. The van der Waals surface area contributed by atoms with Crippen molar-refractivity contribution in [2.24, 2.45) is 5.73 Å². The number of carboxylic acid groups (broad SMARTS) is 1. The number of primary amides is 1. The fraction of sp³-hybridized carbons (Fsp3) is 0.308. The van der Waals surface area contributed by atoms with Gasteiger partial charge in [-0.15, -0.1) is 0 Å². The Morgan fingerprint density at radius 3 is 2.57 bits per heavy atom. The molecular formula is C13H16ClN3O4. The molecule has 7 nitrogen and oxygen atoms in total. The van der Waals surface area contributed by atoms with E-state index in [-0.39, 0.29) is 12.8 Å². The molecule has 8 heteroatoms. The average Bonchev–Trinajstić information content (AvgIpc) is 2.38. The van der Waals surface area contributed by atoms with Gasteiger partial charge >= 0.3 is 12.0 Å². The Morgan fingerprint density at radius 1 is 1.38 bits per heavy atom. The van der Waals surface area contributed by atoms with Crippen LogP contribution in [0.15, 0.2) is 18.2 Å². The minimum absolute atomic E-state index is 0.0837. The van der Waals surface area contributed by atoms with Crippen LogP contribution in [0.25, 0.3) is 0 Å². The molecular weight excluding hydrogens is 298 g/mol.